The van der Waals surface area contributed by atoms with Gasteiger partial charge in [-0.2, -0.15) is 0 Å². The van der Waals surface area contributed by atoms with Crippen LogP contribution in [0.25, 0.3) is 0 Å². The number of methoxy groups -OCH3 is 1. The number of amides is 2. The van der Waals surface area contributed by atoms with Crippen molar-refractivity contribution in [3.8, 4) is 5.75 Å². The molecule has 2 aliphatic heterocycles. The van der Waals surface area contributed by atoms with Crippen molar-refractivity contribution in [1.82, 2.24) is 9.80 Å². The Morgan fingerprint density at radius 2 is 1.81 bits per heavy atom. The predicted molar refractivity (Wildman–Crippen MR) is 116 cm³/mol. The van der Waals surface area contributed by atoms with Gasteiger partial charge in [-0.1, -0.05) is 6.07 Å². The van der Waals surface area contributed by atoms with Crippen LogP contribution in [0.4, 0.5) is 14.9 Å². The van der Waals surface area contributed by atoms with Crippen molar-refractivity contribution >= 4 is 17.7 Å². The summed E-state index contributed by atoms with van der Waals surface area (Å²) in [6.07, 6.45) is 0. The molecule has 2 aliphatic rings. The maximum Gasteiger partial charge on any atom is 0.335 e. The molecule has 170 valence electrons. The van der Waals surface area contributed by atoms with Gasteiger partial charge in [-0.15, -0.1) is 0 Å². The largest absolute Gasteiger partial charge is 0.497 e. The minimum atomic E-state index is -1.20. The maximum atomic E-state index is 14.6. The first-order valence-corrected chi connectivity index (χ1v) is 10.5. The Hall–Kier alpha value is -3.17. The van der Waals surface area contributed by atoms with Crippen molar-refractivity contribution in [2.24, 2.45) is 0 Å². The van der Waals surface area contributed by atoms with Gasteiger partial charge in [0.1, 0.15) is 11.6 Å². The van der Waals surface area contributed by atoms with E-state index in [4.69, 9.17) is 14.6 Å². The van der Waals surface area contributed by atoms with E-state index in [2.05, 4.69) is 4.90 Å². The lowest BCUT2D eigenvalue weighted by molar-refractivity contribution is -0.0738. The van der Waals surface area contributed by atoms with Gasteiger partial charge >= 0.3 is 12.0 Å². The van der Waals surface area contributed by atoms with Crippen LogP contribution in [0.15, 0.2) is 42.5 Å². The number of anilines is 1. The number of carbonyl (C=O) groups excluding carboxylic acids is 1. The van der Waals surface area contributed by atoms with Gasteiger partial charge in [-0.05, 0) is 36.4 Å². The number of urea groups is 1. The lowest BCUT2D eigenvalue weighted by Crippen LogP contribution is -2.59. The highest BCUT2D eigenvalue weighted by Crippen LogP contribution is 2.25. The number of piperazine rings is 1. The molecule has 2 aromatic carbocycles. The normalized spacial score (nSPS) is 17.0. The molecule has 0 atom stereocenters. The van der Waals surface area contributed by atoms with Gasteiger partial charge in [0, 0.05) is 37.4 Å². The van der Waals surface area contributed by atoms with Gasteiger partial charge in [-0.25, -0.2) is 14.0 Å². The Morgan fingerprint density at radius 3 is 2.34 bits per heavy atom. The minimum absolute atomic E-state index is 0.0203. The van der Waals surface area contributed by atoms with E-state index in [-0.39, 0.29) is 23.7 Å². The average Bonchev–Trinajstić information content (AvgIpc) is 2.77. The number of benzene rings is 2. The summed E-state index contributed by atoms with van der Waals surface area (Å²) in [5.41, 5.74) is 0.710. The van der Waals surface area contributed by atoms with Crippen LogP contribution >= 0.6 is 0 Å². The number of carbonyl (C=O) groups is 2. The number of carboxylic acids is 1. The summed E-state index contributed by atoms with van der Waals surface area (Å²) < 4.78 is 25.1. The van der Waals surface area contributed by atoms with E-state index in [1.165, 1.54) is 17.0 Å². The van der Waals surface area contributed by atoms with Crippen molar-refractivity contribution in [1.29, 1.82) is 0 Å². The summed E-state index contributed by atoms with van der Waals surface area (Å²) >= 11 is 0. The molecule has 9 heteroatoms. The molecule has 0 radical (unpaired) electrons. The first-order valence-electron chi connectivity index (χ1n) is 10.5. The molecule has 0 saturated carbocycles. The molecule has 2 heterocycles. The summed E-state index contributed by atoms with van der Waals surface area (Å²) in [5.74, 6) is -1.21. The van der Waals surface area contributed by atoms with Crippen molar-refractivity contribution in [3.05, 3.63) is 59.4 Å². The topological polar surface area (TPSA) is 82.5 Å². The molecule has 0 unspecified atom stereocenters. The van der Waals surface area contributed by atoms with E-state index in [9.17, 15) is 14.0 Å². The summed E-state index contributed by atoms with van der Waals surface area (Å²) in [7, 11) is 1.56. The monoisotopic (exact) mass is 443 g/mol. The Balaban J connectivity index is 1.54. The van der Waals surface area contributed by atoms with Crippen molar-refractivity contribution in [2.75, 3.05) is 51.4 Å². The first kappa shape index (κ1) is 22.0. The van der Waals surface area contributed by atoms with E-state index < -0.39 is 11.8 Å². The van der Waals surface area contributed by atoms with Crippen LogP contribution in [-0.4, -0.2) is 79.5 Å². The quantitative estimate of drug-likeness (QED) is 0.739. The van der Waals surface area contributed by atoms with E-state index in [0.717, 1.165) is 32.4 Å². The minimum Gasteiger partial charge on any atom is -0.497 e. The fourth-order valence-corrected chi connectivity index (χ4v) is 3.89. The molecule has 8 nitrogen and oxygen atoms in total. The van der Waals surface area contributed by atoms with Gasteiger partial charge in [-0.3, -0.25) is 9.80 Å². The van der Waals surface area contributed by atoms with Gasteiger partial charge in [0.15, 0.2) is 0 Å². The molecule has 0 aliphatic carbocycles. The van der Waals surface area contributed by atoms with E-state index in [1.54, 1.807) is 36.3 Å². The molecule has 1 N–H and O–H groups in total. The summed E-state index contributed by atoms with van der Waals surface area (Å²) in [4.78, 5) is 30.2. The second-order valence-corrected chi connectivity index (χ2v) is 7.89. The third-order valence-corrected chi connectivity index (χ3v) is 5.97. The van der Waals surface area contributed by atoms with Crippen LogP contribution in [0.5, 0.6) is 5.75 Å². The zero-order chi connectivity index (χ0) is 22.7. The molecule has 32 heavy (non-hydrogen) atoms. The van der Waals surface area contributed by atoms with Crippen LogP contribution in [0, 0.1) is 5.82 Å². The highest BCUT2D eigenvalue weighted by molar-refractivity contribution is 5.92. The SMILES string of the molecule is COc1ccc(N(Cc2ccc(C(=O)O)cc2F)C(=O)N2CCN(C3COC3)CC2)cc1. The van der Waals surface area contributed by atoms with Crippen LogP contribution in [0.3, 0.4) is 0 Å². The van der Waals surface area contributed by atoms with E-state index >= 15 is 0 Å². The molecular weight excluding hydrogens is 417 g/mol. The number of ether oxygens (including phenoxy) is 2. The van der Waals surface area contributed by atoms with Crippen molar-refractivity contribution < 1.29 is 28.6 Å². The molecule has 0 bridgehead atoms. The van der Waals surface area contributed by atoms with Crippen LogP contribution in [-0.2, 0) is 11.3 Å². The summed E-state index contributed by atoms with van der Waals surface area (Å²) in [5, 5.41) is 9.09. The molecule has 0 aromatic heterocycles. The van der Waals surface area contributed by atoms with Crippen LogP contribution in [0.2, 0.25) is 0 Å². The highest BCUT2D eigenvalue weighted by Gasteiger charge is 2.32. The van der Waals surface area contributed by atoms with Gasteiger partial charge < -0.3 is 19.5 Å². The molecule has 0 spiro atoms. The Morgan fingerprint density at radius 1 is 1.12 bits per heavy atom. The highest BCUT2D eigenvalue weighted by atomic mass is 19.1. The third-order valence-electron chi connectivity index (χ3n) is 5.97. The zero-order valence-corrected chi connectivity index (χ0v) is 17.9. The zero-order valence-electron chi connectivity index (χ0n) is 17.9. The van der Waals surface area contributed by atoms with Gasteiger partial charge in [0.05, 0.1) is 38.5 Å². The molecule has 2 aromatic rings. The lowest BCUT2D eigenvalue weighted by Gasteiger charge is -2.43. The number of hydrogen-bond donors (Lipinski definition) is 1. The Bertz CT molecular complexity index is 972. The van der Waals surface area contributed by atoms with Crippen molar-refractivity contribution in [3.63, 3.8) is 0 Å². The number of carboxylic acid groups (broad SMARTS) is 1. The second-order valence-electron chi connectivity index (χ2n) is 7.89. The van der Waals surface area contributed by atoms with E-state index in [0.29, 0.717) is 30.6 Å². The molecular formula is C23H26FN3O5. The lowest BCUT2D eigenvalue weighted by atomic mass is 10.1. The third kappa shape index (κ3) is 4.68. The number of rotatable bonds is 6. The number of nitrogens with zero attached hydrogens (tertiary/aromatic N) is 3. The maximum absolute atomic E-state index is 14.6. The standard InChI is InChI=1S/C23H26FN3O5/c1-31-20-6-4-18(5-7-20)27(13-17-3-2-16(22(28)29)12-21(17)24)23(30)26-10-8-25(9-11-26)19-14-32-15-19/h2-7,12,19H,8-11,13-15H2,1H3,(H,28,29). The summed E-state index contributed by atoms with van der Waals surface area (Å²) in [6, 6.07) is 10.9. The Labute approximate surface area is 185 Å². The number of hydrogen-bond acceptors (Lipinski definition) is 5. The fourth-order valence-electron chi connectivity index (χ4n) is 3.89. The number of aromatic carboxylic acids is 1. The van der Waals surface area contributed by atoms with Gasteiger partial charge in [0.25, 0.3) is 0 Å². The first-order chi connectivity index (χ1) is 15.5. The molecule has 2 saturated heterocycles. The van der Waals surface area contributed by atoms with Crippen LogP contribution in [0.1, 0.15) is 15.9 Å². The predicted octanol–water partition coefficient (Wildman–Crippen LogP) is 2.68. The fraction of sp³-hybridized carbons (Fsp3) is 0.391. The van der Waals surface area contributed by atoms with E-state index in [1.807, 2.05) is 0 Å². The molecule has 2 amide bonds. The average molecular weight is 443 g/mol. The second kappa shape index (κ2) is 9.54. The Kier molecular flexibility index (Phi) is 6.57. The van der Waals surface area contributed by atoms with Crippen molar-refractivity contribution in [2.45, 2.75) is 12.6 Å². The smallest absolute Gasteiger partial charge is 0.335 e. The summed E-state index contributed by atoms with van der Waals surface area (Å²) in [6.45, 7) is 4.11. The van der Waals surface area contributed by atoms with Gasteiger partial charge in [0.2, 0.25) is 0 Å². The molecule has 2 fully saturated rings. The number of halogens is 1. The van der Waals surface area contributed by atoms with Crippen LogP contribution < -0.4 is 9.64 Å². The molecule has 4 rings (SSSR count).